The van der Waals surface area contributed by atoms with Crippen LogP contribution in [0.25, 0.3) is 0 Å². The Hall–Kier alpha value is -2.63. The van der Waals surface area contributed by atoms with Gasteiger partial charge in [0.05, 0.1) is 11.8 Å². The first kappa shape index (κ1) is 10.9. The van der Waals surface area contributed by atoms with Crippen LogP contribution in [0.15, 0.2) is 47.4 Å². The van der Waals surface area contributed by atoms with Gasteiger partial charge >= 0.3 is 11.7 Å². The summed E-state index contributed by atoms with van der Waals surface area (Å²) in [6, 6.07) is 9.69. The maximum Gasteiger partial charge on any atom is 0.382 e. The molecule has 1 aromatic heterocycles. The second kappa shape index (κ2) is 4.48. The van der Waals surface area contributed by atoms with E-state index in [1.54, 1.807) is 30.3 Å². The number of benzene rings is 1. The number of nitrogens with two attached hydrogens (primary N) is 1. The predicted molar refractivity (Wildman–Crippen MR) is 60.3 cm³/mol. The van der Waals surface area contributed by atoms with E-state index in [4.69, 9.17) is 10.6 Å². The molecule has 0 atom stereocenters. The molecule has 0 fully saturated rings. The van der Waals surface area contributed by atoms with E-state index in [1.165, 1.54) is 12.3 Å². The van der Waals surface area contributed by atoms with Crippen LogP contribution in [0.5, 0.6) is 0 Å². The van der Waals surface area contributed by atoms with E-state index in [0.29, 0.717) is 5.56 Å². The molecule has 0 aliphatic heterocycles. The first-order chi connectivity index (χ1) is 8.16. The average Bonchev–Trinajstić information content (AvgIpc) is 2.34. The molecule has 0 saturated heterocycles. The molecule has 0 aliphatic rings. The van der Waals surface area contributed by atoms with Crippen molar-refractivity contribution in [3.63, 3.8) is 0 Å². The summed E-state index contributed by atoms with van der Waals surface area (Å²) < 4.78 is 0.728. The van der Waals surface area contributed by atoms with Gasteiger partial charge in [-0.3, -0.25) is 0 Å². The van der Waals surface area contributed by atoms with Crippen LogP contribution in [0, 0.1) is 0 Å². The lowest BCUT2D eigenvalue weighted by molar-refractivity contribution is 0.0436. The minimum Gasteiger partial charge on any atom is -0.383 e. The third-order valence-corrected chi connectivity index (χ3v) is 1.98. The molecule has 6 nitrogen and oxygen atoms in total. The topological polar surface area (TPSA) is 87.2 Å². The van der Waals surface area contributed by atoms with Crippen LogP contribution in [-0.2, 0) is 0 Å². The molecule has 2 aromatic rings. The molecular formula is C11H9N3O3. The molecule has 1 heterocycles. The smallest absolute Gasteiger partial charge is 0.382 e. The molecule has 17 heavy (non-hydrogen) atoms. The van der Waals surface area contributed by atoms with Crippen molar-refractivity contribution < 1.29 is 9.63 Å². The Labute approximate surface area is 96.2 Å². The van der Waals surface area contributed by atoms with Gasteiger partial charge in [0.2, 0.25) is 0 Å². The molecule has 6 heteroatoms. The van der Waals surface area contributed by atoms with Crippen molar-refractivity contribution >= 4 is 11.8 Å². The minimum absolute atomic E-state index is 0.0713. The van der Waals surface area contributed by atoms with Crippen molar-refractivity contribution in [1.29, 1.82) is 0 Å². The summed E-state index contributed by atoms with van der Waals surface area (Å²) >= 11 is 0. The van der Waals surface area contributed by atoms with Crippen molar-refractivity contribution in [1.82, 2.24) is 9.71 Å². The zero-order chi connectivity index (χ0) is 12.3. The van der Waals surface area contributed by atoms with Gasteiger partial charge in [0, 0.05) is 6.07 Å². The third-order valence-electron chi connectivity index (χ3n) is 1.98. The summed E-state index contributed by atoms with van der Waals surface area (Å²) in [6.45, 7) is 0. The van der Waals surface area contributed by atoms with Gasteiger partial charge in [-0.25, -0.2) is 9.59 Å². The highest BCUT2D eigenvalue weighted by atomic mass is 16.7. The van der Waals surface area contributed by atoms with Gasteiger partial charge in [-0.05, 0) is 12.1 Å². The first-order valence-electron chi connectivity index (χ1n) is 4.80. The maximum atomic E-state index is 11.6. The Kier molecular flexibility index (Phi) is 2.87. The largest absolute Gasteiger partial charge is 0.383 e. The molecule has 0 spiro atoms. The molecule has 0 amide bonds. The summed E-state index contributed by atoms with van der Waals surface area (Å²) in [7, 11) is 0. The van der Waals surface area contributed by atoms with E-state index in [0.717, 1.165) is 4.73 Å². The van der Waals surface area contributed by atoms with E-state index < -0.39 is 11.7 Å². The molecule has 86 valence electrons. The van der Waals surface area contributed by atoms with Crippen molar-refractivity contribution in [3.05, 3.63) is 58.6 Å². The van der Waals surface area contributed by atoms with Gasteiger partial charge in [-0.1, -0.05) is 18.2 Å². The zero-order valence-electron chi connectivity index (χ0n) is 8.74. The number of rotatable bonds is 2. The molecule has 0 aliphatic carbocycles. The number of aromatic nitrogens is 2. The SMILES string of the molecule is Nc1ccn(OC(=O)c2ccccc2)c(=O)n1. The molecule has 1 aromatic carbocycles. The molecule has 2 N–H and O–H groups in total. The Morgan fingerprint density at radius 1 is 1.24 bits per heavy atom. The van der Waals surface area contributed by atoms with Crippen molar-refractivity contribution in [2.24, 2.45) is 0 Å². The summed E-state index contributed by atoms with van der Waals surface area (Å²) in [6.07, 6.45) is 1.24. The number of carbonyl (C=O) groups is 1. The Balaban J connectivity index is 2.22. The van der Waals surface area contributed by atoms with Crippen LogP contribution in [0.1, 0.15) is 10.4 Å². The second-order valence-corrected chi connectivity index (χ2v) is 3.21. The lowest BCUT2D eigenvalue weighted by Gasteiger charge is -2.05. The summed E-state index contributed by atoms with van der Waals surface area (Å²) in [4.78, 5) is 31.2. The van der Waals surface area contributed by atoms with Gasteiger partial charge in [0.1, 0.15) is 5.82 Å². The summed E-state index contributed by atoms with van der Waals surface area (Å²) in [5, 5.41) is 0. The number of carbonyl (C=O) groups excluding carboxylic acids is 1. The number of hydrogen-bond acceptors (Lipinski definition) is 5. The molecular weight excluding hydrogens is 222 g/mol. The Morgan fingerprint density at radius 3 is 2.59 bits per heavy atom. The van der Waals surface area contributed by atoms with Crippen molar-refractivity contribution in [2.75, 3.05) is 5.73 Å². The lowest BCUT2D eigenvalue weighted by atomic mass is 10.2. The molecule has 0 radical (unpaired) electrons. The minimum atomic E-state index is -0.741. The summed E-state index contributed by atoms with van der Waals surface area (Å²) in [5.41, 5.74) is 4.91. The molecule has 0 unspecified atom stereocenters. The fourth-order valence-electron chi connectivity index (χ4n) is 1.19. The monoisotopic (exact) mass is 231 g/mol. The van der Waals surface area contributed by atoms with E-state index in [2.05, 4.69) is 4.98 Å². The van der Waals surface area contributed by atoms with Crippen LogP contribution in [0.2, 0.25) is 0 Å². The number of nitrogens with zero attached hydrogens (tertiary/aromatic N) is 2. The molecule has 0 bridgehead atoms. The fourth-order valence-corrected chi connectivity index (χ4v) is 1.19. The van der Waals surface area contributed by atoms with Gasteiger partial charge < -0.3 is 10.6 Å². The number of nitrogen functional groups attached to an aromatic ring is 1. The molecule has 0 saturated carbocycles. The van der Waals surface area contributed by atoms with Gasteiger partial charge in [-0.2, -0.15) is 4.98 Å². The average molecular weight is 231 g/mol. The highest BCUT2D eigenvalue weighted by Crippen LogP contribution is 1.98. The highest BCUT2D eigenvalue weighted by Gasteiger charge is 2.08. The van der Waals surface area contributed by atoms with Crippen LogP contribution >= 0.6 is 0 Å². The van der Waals surface area contributed by atoms with Crippen LogP contribution in [-0.4, -0.2) is 15.7 Å². The second-order valence-electron chi connectivity index (χ2n) is 3.21. The Bertz CT molecular complexity index is 592. The normalized spacial score (nSPS) is 9.88. The quantitative estimate of drug-likeness (QED) is 0.791. The van der Waals surface area contributed by atoms with E-state index in [1.807, 2.05) is 0 Å². The summed E-state index contributed by atoms with van der Waals surface area (Å²) in [5.74, 6) is -0.568. The number of hydrogen-bond donors (Lipinski definition) is 1. The van der Waals surface area contributed by atoms with E-state index >= 15 is 0 Å². The van der Waals surface area contributed by atoms with Crippen LogP contribution in [0.3, 0.4) is 0 Å². The van der Waals surface area contributed by atoms with Crippen LogP contribution < -0.4 is 16.3 Å². The van der Waals surface area contributed by atoms with E-state index in [9.17, 15) is 9.59 Å². The maximum absolute atomic E-state index is 11.6. The molecule has 2 rings (SSSR count). The number of anilines is 1. The van der Waals surface area contributed by atoms with E-state index in [-0.39, 0.29) is 5.82 Å². The predicted octanol–water partition coefficient (Wildman–Crippen LogP) is 0.0945. The standard InChI is InChI=1S/C11H9N3O3/c12-9-6-7-14(11(16)13-9)17-10(15)8-4-2-1-3-5-8/h1-7H,(H2,12,13,16). The third kappa shape index (κ3) is 2.49. The first-order valence-corrected chi connectivity index (χ1v) is 4.80. The van der Waals surface area contributed by atoms with Crippen molar-refractivity contribution in [3.8, 4) is 0 Å². The van der Waals surface area contributed by atoms with Gasteiger partial charge in [0.25, 0.3) is 0 Å². The highest BCUT2D eigenvalue weighted by molar-refractivity contribution is 5.89. The zero-order valence-corrected chi connectivity index (χ0v) is 8.74. The lowest BCUT2D eigenvalue weighted by Crippen LogP contribution is -2.32. The van der Waals surface area contributed by atoms with Crippen molar-refractivity contribution in [2.45, 2.75) is 0 Å². The Morgan fingerprint density at radius 2 is 1.94 bits per heavy atom. The van der Waals surface area contributed by atoms with Gasteiger partial charge in [0.15, 0.2) is 0 Å². The van der Waals surface area contributed by atoms with Gasteiger partial charge in [-0.15, -0.1) is 4.73 Å². The van der Waals surface area contributed by atoms with Crippen LogP contribution in [0.4, 0.5) is 5.82 Å². The fraction of sp³-hybridized carbons (Fsp3) is 0.